The van der Waals surface area contributed by atoms with Crippen LogP contribution in [-0.4, -0.2) is 102 Å². The molecule has 3 unspecified atom stereocenters. The zero-order valence-electron chi connectivity index (χ0n) is 26.7. The maximum Gasteiger partial charge on any atom is 0.405 e. The van der Waals surface area contributed by atoms with Crippen molar-refractivity contribution in [3.63, 3.8) is 0 Å². The number of hydrogen-bond acceptors (Lipinski definition) is 10. The van der Waals surface area contributed by atoms with Crippen LogP contribution in [0.1, 0.15) is 40.0 Å². The summed E-state index contributed by atoms with van der Waals surface area (Å²) < 4.78 is 4.88. The second-order valence-corrected chi connectivity index (χ2v) is 11.9. The number of nitrogens with two attached hydrogens (primary N) is 1. The molecule has 0 saturated carbocycles. The third-order valence-corrected chi connectivity index (χ3v) is 8.11. The van der Waals surface area contributed by atoms with Gasteiger partial charge in [-0.05, 0) is 31.6 Å². The summed E-state index contributed by atoms with van der Waals surface area (Å²) in [6, 6.07) is -1.06. The number of amides is 2. The first-order chi connectivity index (χ1) is 22.5. The number of aliphatic hydroxyl groups is 5. The molecule has 0 saturated heterocycles. The average molecular weight is 716 g/mol. The van der Waals surface area contributed by atoms with E-state index in [-0.39, 0.29) is 17.0 Å². The predicted octanol–water partition coefficient (Wildman–Crippen LogP) is 2.06. The Morgan fingerprint density at radius 2 is 1.71 bits per heavy atom. The molecule has 9 atom stereocenters. The summed E-state index contributed by atoms with van der Waals surface area (Å²) in [6.45, 7) is 5.08. The molecule has 0 aromatic carbocycles. The number of carbonyl (C=O) groups excluding carboxylic acids is 3. The van der Waals surface area contributed by atoms with E-state index in [0.29, 0.717) is 6.42 Å². The van der Waals surface area contributed by atoms with Gasteiger partial charge in [-0.25, -0.2) is 9.59 Å². The molecule has 1 aliphatic rings. The number of carboxylic acids is 1. The molecule has 15 heteroatoms. The van der Waals surface area contributed by atoms with Gasteiger partial charge in [0, 0.05) is 35.4 Å². The van der Waals surface area contributed by atoms with Crippen molar-refractivity contribution in [1.29, 1.82) is 0 Å². The van der Waals surface area contributed by atoms with Crippen molar-refractivity contribution in [3.8, 4) is 0 Å². The van der Waals surface area contributed by atoms with Crippen LogP contribution in [-0.2, 0) is 19.1 Å². The van der Waals surface area contributed by atoms with Crippen molar-refractivity contribution in [2.45, 2.75) is 88.1 Å². The van der Waals surface area contributed by atoms with Crippen molar-refractivity contribution in [3.05, 3.63) is 83.0 Å². The molecule has 9 N–H and O–H groups in total. The summed E-state index contributed by atoms with van der Waals surface area (Å²) in [7, 11) is 0. The van der Waals surface area contributed by atoms with Crippen LogP contribution in [0, 0.1) is 5.92 Å². The lowest BCUT2D eigenvalue weighted by Crippen LogP contribution is -2.50. The van der Waals surface area contributed by atoms with Crippen LogP contribution in [0.15, 0.2) is 83.0 Å². The number of alkyl halides is 1. The first kappa shape index (κ1) is 42.5. The molecule has 0 aromatic heterocycles. The number of hydrogen-bond donors (Lipinski definition) is 8. The Bertz CT molecular complexity index is 1340. The van der Waals surface area contributed by atoms with Crippen LogP contribution in [0.25, 0.3) is 0 Å². The molecule has 0 bridgehead atoms. The standard InChI is InChI=1S/C33H44Cl2N2O11/c1-4-5-13-26(48-33(36)47)28(35)23(38)17-25(40)31(44)29(42)19(3)21(34)12-8-6-10-18(2)11-7-9-14-27(41)37-22-15-20(32(45)46)16-24(39)30(22)43/h5-15,19,22-24,26,28-31,38-39,42-44H,4,16-17H2,1-3H3,(H2,36,47)(H,37,41)(H,45,46)/b8-6+,11-7+,13-5+,14-9+,18-10+,21-12-/t19-,22?,23-,24?,26-,28+,29-,30?,31-/m1/s1. The molecule has 48 heavy (non-hydrogen) atoms. The number of aliphatic carboxylic acids is 1. The monoisotopic (exact) mass is 714 g/mol. The van der Waals surface area contributed by atoms with Crippen molar-refractivity contribution in [2.24, 2.45) is 11.7 Å². The van der Waals surface area contributed by atoms with E-state index in [9.17, 15) is 44.7 Å². The Labute approximate surface area is 289 Å². The quantitative estimate of drug-likeness (QED) is 0.0443. The van der Waals surface area contributed by atoms with E-state index in [1.807, 2.05) is 6.92 Å². The van der Waals surface area contributed by atoms with Crippen LogP contribution in [0.2, 0.25) is 0 Å². The Hall–Kier alpha value is -3.56. The van der Waals surface area contributed by atoms with Crippen LogP contribution >= 0.6 is 23.2 Å². The number of rotatable bonds is 18. The minimum atomic E-state index is -1.90. The number of nitrogens with one attached hydrogen (secondary N) is 1. The number of primary amides is 1. The smallest absolute Gasteiger partial charge is 0.405 e. The highest BCUT2D eigenvalue weighted by atomic mass is 35.5. The van der Waals surface area contributed by atoms with Gasteiger partial charge in [0.15, 0.2) is 5.78 Å². The molecule has 1 aliphatic carbocycles. The number of carboxylic acid groups (broad SMARTS) is 1. The lowest BCUT2D eigenvalue weighted by atomic mass is 9.90. The Kier molecular flexibility index (Phi) is 18.9. The number of Topliss-reactive ketones (excluding diaryl/α,β-unsaturated/α-hetero) is 1. The van der Waals surface area contributed by atoms with E-state index < -0.39 is 84.1 Å². The molecule has 13 nitrogen and oxygen atoms in total. The lowest BCUT2D eigenvalue weighted by molar-refractivity contribution is -0.136. The third-order valence-electron chi connectivity index (χ3n) is 7.11. The highest BCUT2D eigenvalue weighted by Crippen LogP contribution is 2.24. The van der Waals surface area contributed by atoms with Crippen LogP contribution < -0.4 is 11.1 Å². The maximum atomic E-state index is 12.6. The summed E-state index contributed by atoms with van der Waals surface area (Å²) >= 11 is 12.5. The van der Waals surface area contributed by atoms with Gasteiger partial charge in [0.25, 0.3) is 0 Å². The van der Waals surface area contributed by atoms with Gasteiger partial charge in [-0.1, -0.05) is 73.6 Å². The summed E-state index contributed by atoms with van der Waals surface area (Å²) in [5.74, 6) is -3.63. The first-order valence-electron chi connectivity index (χ1n) is 15.0. The van der Waals surface area contributed by atoms with E-state index in [2.05, 4.69) is 5.32 Å². The molecule has 0 aliphatic heterocycles. The zero-order chi connectivity index (χ0) is 36.6. The molecule has 0 aromatic rings. The van der Waals surface area contributed by atoms with Crippen molar-refractivity contribution < 1.29 is 54.6 Å². The summed E-state index contributed by atoms with van der Waals surface area (Å²) in [6.07, 6.45) is 6.21. The van der Waals surface area contributed by atoms with Crippen LogP contribution in [0.4, 0.5) is 4.79 Å². The molecule has 1 rings (SSSR count). The fraction of sp³-hybridized carbons (Fsp3) is 0.455. The SMILES string of the molecule is CC/C=C/[C@@H](OC(N)=O)[C@@H](Cl)[C@H](O)CC(=O)[C@@H](O)[C@H](O)[C@H](C)/C(Cl)=C/C=C/C=C(C)/C=C/C=C/C(=O)NC1C=C(C(=O)O)CC(O)C1O. The Morgan fingerprint density at radius 3 is 2.31 bits per heavy atom. The van der Waals surface area contributed by atoms with Crippen molar-refractivity contribution in [1.82, 2.24) is 5.32 Å². The van der Waals surface area contributed by atoms with Crippen LogP contribution in [0.5, 0.6) is 0 Å². The Balaban J connectivity index is 2.70. The van der Waals surface area contributed by atoms with E-state index in [4.69, 9.17) is 38.8 Å². The zero-order valence-corrected chi connectivity index (χ0v) is 28.2. The average Bonchev–Trinajstić information content (AvgIpc) is 3.03. The molecule has 266 valence electrons. The largest absolute Gasteiger partial charge is 0.478 e. The second kappa shape index (κ2) is 21.4. The van der Waals surface area contributed by atoms with E-state index in [1.54, 1.807) is 43.4 Å². The van der Waals surface area contributed by atoms with E-state index in [0.717, 1.165) is 5.57 Å². The van der Waals surface area contributed by atoms with Gasteiger partial charge < -0.3 is 46.4 Å². The first-order valence-corrected chi connectivity index (χ1v) is 15.8. The van der Waals surface area contributed by atoms with Gasteiger partial charge in [-0.2, -0.15) is 0 Å². The van der Waals surface area contributed by atoms with Gasteiger partial charge in [-0.15, -0.1) is 11.6 Å². The number of aliphatic hydroxyl groups excluding tert-OH is 5. The van der Waals surface area contributed by atoms with Gasteiger partial charge >= 0.3 is 12.1 Å². The third kappa shape index (κ3) is 14.7. The van der Waals surface area contributed by atoms with Gasteiger partial charge in [-0.3, -0.25) is 9.59 Å². The van der Waals surface area contributed by atoms with Crippen molar-refractivity contribution in [2.75, 3.05) is 0 Å². The number of halogens is 2. The topological polar surface area (TPSA) is 237 Å². The molecular weight excluding hydrogens is 671 g/mol. The summed E-state index contributed by atoms with van der Waals surface area (Å²) in [5, 5.41) is 61.7. The highest BCUT2D eigenvalue weighted by Gasteiger charge is 2.35. The van der Waals surface area contributed by atoms with Gasteiger partial charge in [0.1, 0.15) is 23.7 Å². The molecule has 0 radical (unpaired) electrons. The fourth-order valence-electron chi connectivity index (χ4n) is 4.28. The molecule has 0 fully saturated rings. The normalized spacial score (nSPS) is 23.1. The van der Waals surface area contributed by atoms with Crippen LogP contribution in [0.3, 0.4) is 0 Å². The minimum absolute atomic E-state index is 0.108. The number of ether oxygens (including phenoxy) is 1. The fourth-order valence-corrected chi connectivity index (χ4v) is 4.71. The van der Waals surface area contributed by atoms with Gasteiger partial charge in [0.2, 0.25) is 5.91 Å². The van der Waals surface area contributed by atoms with E-state index >= 15 is 0 Å². The van der Waals surface area contributed by atoms with Gasteiger partial charge in [0.05, 0.1) is 24.4 Å². The summed E-state index contributed by atoms with van der Waals surface area (Å²) in [4.78, 5) is 47.1. The molecule has 0 spiro atoms. The maximum absolute atomic E-state index is 12.6. The Morgan fingerprint density at radius 1 is 1.08 bits per heavy atom. The number of carbonyl (C=O) groups is 4. The molecule has 2 amide bonds. The molecule has 0 heterocycles. The second-order valence-electron chi connectivity index (χ2n) is 11.0. The minimum Gasteiger partial charge on any atom is -0.478 e. The number of ketones is 1. The van der Waals surface area contributed by atoms with E-state index in [1.165, 1.54) is 37.3 Å². The number of allylic oxidation sites excluding steroid dienone is 9. The summed E-state index contributed by atoms with van der Waals surface area (Å²) in [5.41, 5.74) is 5.70. The van der Waals surface area contributed by atoms with Crippen molar-refractivity contribution >= 4 is 47.0 Å². The highest BCUT2D eigenvalue weighted by molar-refractivity contribution is 6.30. The predicted molar refractivity (Wildman–Crippen MR) is 180 cm³/mol. The lowest BCUT2D eigenvalue weighted by Gasteiger charge is -2.29. The molecular formula is C33H44Cl2N2O11.